The van der Waals surface area contributed by atoms with Crippen molar-refractivity contribution in [1.82, 2.24) is 15.0 Å². The average molecular weight is 720 g/mol. The van der Waals surface area contributed by atoms with Crippen LogP contribution in [-0.4, -0.2) is 28.3 Å². The van der Waals surface area contributed by atoms with Crippen molar-refractivity contribution in [2.24, 2.45) is 0 Å². The summed E-state index contributed by atoms with van der Waals surface area (Å²) in [7, 11) is -2.56. The van der Waals surface area contributed by atoms with E-state index in [-0.39, 0.29) is 5.41 Å². The largest absolute Gasteiger partial charge is 0.319 e. The summed E-state index contributed by atoms with van der Waals surface area (Å²) < 4.78 is 13.7. The molecule has 0 atom stereocenters. The van der Waals surface area contributed by atoms with Gasteiger partial charge in [0.1, 0.15) is 7.14 Å². The smallest absolute Gasteiger partial charge is 0.164 e. The minimum absolute atomic E-state index is 0.0795. The summed E-state index contributed by atoms with van der Waals surface area (Å²) in [6, 6.07) is 55.6. The predicted octanol–water partition coefficient (Wildman–Crippen LogP) is 12.3. The first-order valence-electron chi connectivity index (χ1n) is 19.0. The Hall–Kier alpha value is -5.70. The van der Waals surface area contributed by atoms with Gasteiger partial charge in [0.15, 0.2) is 17.5 Å². The van der Waals surface area contributed by atoms with Gasteiger partial charge in [-0.15, -0.1) is 0 Å². The lowest BCUT2D eigenvalue weighted by molar-refractivity contribution is 0.346. The maximum Gasteiger partial charge on any atom is 0.164 e. The number of hydrogen-bond donors (Lipinski definition) is 0. The Kier molecular flexibility index (Phi) is 8.80. The Morgan fingerprint density at radius 1 is 0.426 bits per heavy atom. The zero-order valence-corrected chi connectivity index (χ0v) is 31.6. The molecule has 264 valence electrons. The number of aromatic nitrogens is 3. The number of nitrogens with zero attached hydrogens (tertiary/aromatic N) is 3. The van der Waals surface area contributed by atoms with Gasteiger partial charge in [-0.25, -0.2) is 15.0 Å². The van der Waals surface area contributed by atoms with Crippen LogP contribution in [0.3, 0.4) is 0 Å². The monoisotopic (exact) mass is 719 g/mol. The molecule has 0 radical (unpaired) electrons. The van der Waals surface area contributed by atoms with Gasteiger partial charge in [0.2, 0.25) is 0 Å². The van der Waals surface area contributed by atoms with Crippen molar-refractivity contribution in [2.75, 3.05) is 13.3 Å². The molecule has 7 aromatic carbocycles. The van der Waals surface area contributed by atoms with Gasteiger partial charge in [-0.3, -0.25) is 0 Å². The molecule has 0 amide bonds. The van der Waals surface area contributed by atoms with Crippen LogP contribution in [-0.2, 0) is 9.98 Å². The van der Waals surface area contributed by atoms with Crippen LogP contribution in [0.2, 0.25) is 0 Å². The fourth-order valence-corrected chi connectivity index (χ4v) is 10.3. The van der Waals surface area contributed by atoms with Crippen LogP contribution < -0.4 is 5.30 Å². The topological polar surface area (TPSA) is 55.7 Å². The van der Waals surface area contributed by atoms with Gasteiger partial charge in [0.05, 0.1) is 0 Å². The number of rotatable bonds is 7. The van der Waals surface area contributed by atoms with E-state index in [1.807, 2.05) is 74.0 Å². The molecule has 1 aromatic heterocycles. The van der Waals surface area contributed by atoms with Crippen LogP contribution in [0.25, 0.3) is 66.8 Å². The summed E-state index contributed by atoms with van der Waals surface area (Å²) in [5.74, 6) is 2.01. The van der Waals surface area contributed by atoms with E-state index in [9.17, 15) is 4.57 Å². The molecule has 0 spiro atoms. The van der Waals surface area contributed by atoms with E-state index in [0.717, 1.165) is 56.4 Å². The van der Waals surface area contributed by atoms with Gasteiger partial charge < -0.3 is 4.57 Å². The lowest BCUT2D eigenvalue weighted by Gasteiger charge is -2.39. The molecule has 1 fully saturated rings. The standard InChI is InChI=1S/C49H42N3OP/c1-54(2,53)45-42-22-12-10-20-40(42)44(41-21-11-13-23-43(41)45)34-24-28-38(29-25-34)49(32-14-5-15-33-49)39-30-26-37(27-31-39)48-51-46(35-16-6-3-7-17-35)50-47(52-48)36-18-8-4-9-19-36/h3-4,6-13,16-31H,5,14-15,32-33H2,1-2H3. The molecule has 0 aliphatic heterocycles. The van der Waals surface area contributed by atoms with Gasteiger partial charge in [0, 0.05) is 27.4 Å². The third kappa shape index (κ3) is 6.15. The molecule has 1 aliphatic carbocycles. The zero-order valence-electron chi connectivity index (χ0n) is 30.7. The summed E-state index contributed by atoms with van der Waals surface area (Å²) in [4.78, 5) is 14.8. The fraction of sp³-hybridized carbons (Fsp3) is 0.163. The summed E-state index contributed by atoms with van der Waals surface area (Å²) in [6.45, 7) is 3.78. The molecule has 0 bridgehead atoms. The van der Waals surface area contributed by atoms with E-state index in [1.54, 1.807) is 0 Å². The molecule has 0 unspecified atom stereocenters. The zero-order chi connectivity index (χ0) is 36.7. The Morgan fingerprint density at radius 2 is 0.796 bits per heavy atom. The van der Waals surface area contributed by atoms with Crippen LogP contribution in [0.1, 0.15) is 43.2 Å². The molecule has 5 heteroatoms. The van der Waals surface area contributed by atoms with Crippen LogP contribution in [0, 0.1) is 0 Å². The van der Waals surface area contributed by atoms with Crippen LogP contribution in [0.4, 0.5) is 0 Å². The molecule has 4 nitrogen and oxygen atoms in total. The van der Waals surface area contributed by atoms with Crippen LogP contribution in [0.15, 0.2) is 158 Å². The number of fused-ring (bicyclic) bond motifs is 2. The Balaban J connectivity index is 1.12. The molecule has 0 N–H and O–H groups in total. The molecular weight excluding hydrogens is 678 g/mol. The van der Waals surface area contributed by atoms with E-state index < -0.39 is 7.14 Å². The maximum absolute atomic E-state index is 13.7. The lowest BCUT2D eigenvalue weighted by atomic mass is 9.65. The van der Waals surface area contributed by atoms with Crippen molar-refractivity contribution >= 4 is 34.0 Å². The SMILES string of the molecule is CP(C)(=O)c1c2ccccc2c(-c2ccc(C3(c4ccc(-c5nc(-c6ccccc6)nc(-c6ccccc6)n5)cc4)CCCCC3)cc2)c2ccccc12. The molecular formula is C49H42N3OP. The second-order valence-corrected chi connectivity index (χ2v) is 18.2. The highest BCUT2D eigenvalue weighted by Crippen LogP contribution is 2.48. The minimum atomic E-state index is -2.56. The molecule has 1 aliphatic rings. The fourth-order valence-electron chi connectivity index (χ4n) is 8.73. The Labute approximate surface area is 317 Å². The van der Waals surface area contributed by atoms with Gasteiger partial charge in [-0.1, -0.05) is 177 Å². The first-order chi connectivity index (χ1) is 26.4. The van der Waals surface area contributed by atoms with Gasteiger partial charge in [-0.05, 0) is 70.0 Å². The first kappa shape index (κ1) is 34.1. The summed E-state index contributed by atoms with van der Waals surface area (Å²) in [5, 5.41) is 5.43. The van der Waals surface area contributed by atoms with Crippen LogP contribution in [0.5, 0.6) is 0 Å². The first-order valence-corrected chi connectivity index (χ1v) is 21.6. The highest BCUT2D eigenvalue weighted by Gasteiger charge is 2.36. The summed E-state index contributed by atoms with van der Waals surface area (Å²) in [6.07, 6.45) is 5.87. The summed E-state index contributed by atoms with van der Waals surface area (Å²) in [5.41, 5.74) is 7.90. The van der Waals surface area contributed by atoms with E-state index in [2.05, 4.69) is 97.1 Å². The van der Waals surface area contributed by atoms with Crippen molar-refractivity contribution in [3.8, 4) is 45.3 Å². The predicted molar refractivity (Wildman–Crippen MR) is 226 cm³/mol. The minimum Gasteiger partial charge on any atom is -0.319 e. The Bertz CT molecular complexity index is 2550. The summed E-state index contributed by atoms with van der Waals surface area (Å²) >= 11 is 0. The normalized spacial score (nSPS) is 14.3. The highest BCUT2D eigenvalue weighted by atomic mass is 31.2. The molecule has 0 saturated heterocycles. The van der Waals surface area contributed by atoms with Crippen molar-refractivity contribution in [2.45, 2.75) is 37.5 Å². The second kappa shape index (κ2) is 13.9. The van der Waals surface area contributed by atoms with E-state index >= 15 is 0 Å². The third-order valence-electron chi connectivity index (χ3n) is 11.3. The molecule has 54 heavy (non-hydrogen) atoms. The molecule has 9 rings (SSSR count). The average Bonchev–Trinajstić information content (AvgIpc) is 3.23. The molecule has 1 heterocycles. The third-order valence-corrected chi connectivity index (χ3v) is 12.8. The van der Waals surface area contributed by atoms with E-state index in [1.165, 1.54) is 41.5 Å². The van der Waals surface area contributed by atoms with Gasteiger partial charge in [-0.2, -0.15) is 0 Å². The van der Waals surface area contributed by atoms with Crippen molar-refractivity contribution in [1.29, 1.82) is 0 Å². The van der Waals surface area contributed by atoms with E-state index in [4.69, 9.17) is 15.0 Å². The van der Waals surface area contributed by atoms with Crippen molar-refractivity contribution < 1.29 is 4.57 Å². The second-order valence-electron chi connectivity index (χ2n) is 15.0. The van der Waals surface area contributed by atoms with Crippen LogP contribution >= 0.6 is 7.14 Å². The van der Waals surface area contributed by atoms with Gasteiger partial charge in [0.25, 0.3) is 0 Å². The van der Waals surface area contributed by atoms with Crippen molar-refractivity contribution in [3.63, 3.8) is 0 Å². The van der Waals surface area contributed by atoms with Crippen molar-refractivity contribution in [3.05, 3.63) is 169 Å². The van der Waals surface area contributed by atoms with E-state index in [0.29, 0.717) is 17.5 Å². The Morgan fingerprint density at radius 3 is 1.22 bits per heavy atom. The maximum atomic E-state index is 13.7. The number of benzene rings is 7. The van der Waals surface area contributed by atoms with Gasteiger partial charge >= 0.3 is 0 Å². The molecule has 8 aromatic rings. The quantitative estimate of drug-likeness (QED) is 0.122. The number of hydrogen-bond acceptors (Lipinski definition) is 4. The lowest BCUT2D eigenvalue weighted by Crippen LogP contribution is -2.30. The highest BCUT2D eigenvalue weighted by molar-refractivity contribution is 7.71. The molecule has 1 saturated carbocycles.